The zero-order valence-corrected chi connectivity index (χ0v) is 12.9. The van der Waals surface area contributed by atoms with Crippen molar-refractivity contribution >= 4 is 15.9 Å². The van der Waals surface area contributed by atoms with Crippen molar-refractivity contribution in [2.45, 2.75) is 44.6 Å². The molecular formula is C14H22N2O3S. The Bertz CT molecular complexity index is 550. The molecule has 0 fully saturated rings. The third-order valence-electron chi connectivity index (χ3n) is 3.00. The average molecular weight is 298 g/mol. The molecule has 1 aromatic rings. The molecule has 3 N–H and O–H groups in total. The summed E-state index contributed by atoms with van der Waals surface area (Å²) in [6, 6.07) is 5.68. The summed E-state index contributed by atoms with van der Waals surface area (Å²) in [5, 5.41) is 7.89. The molecule has 0 saturated carbocycles. The minimum atomic E-state index is -3.72. The first-order valence-corrected chi connectivity index (χ1v) is 8.18. The number of primary sulfonamides is 1. The number of sulfonamides is 1. The van der Waals surface area contributed by atoms with Gasteiger partial charge in [-0.2, -0.15) is 0 Å². The number of rotatable bonds is 6. The maximum absolute atomic E-state index is 12.0. The van der Waals surface area contributed by atoms with Crippen LogP contribution in [0.5, 0.6) is 0 Å². The molecular weight excluding hydrogens is 276 g/mol. The van der Waals surface area contributed by atoms with E-state index in [4.69, 9.17) is 5.14 Å². The van der Waals surface area contributed by atoms with Crippen LogP contribution in [-0.4, -0.2) is 20.4 Å². The zero-order valence-electron chi connectivity index (χ0n) is 12.1. The summed E-state index contributed by atoms with van der Waals surface area (Å²) in [5.74, 6) is 0.394. The predicted octanol–water partition coefficient (Wildman–Crippen LogP) is 1.89. The molecule has 20 heavy (non-hydrogen) atoms. The number of nitrogens with two attached hydrogens (primary N) is 1. The molecule has 0 aliphatic heterocycles. The summed E-state index contributed by atoms with van der Waals surface area (Å²) in [4.78, 5) is 12.0. The molecule has 1 atom stereocenters. The highest BCUT2D eigenvalue weighted by atomic mass is 32.2. The molecule has 0 aromatic heterocycles. The molecule has 1 aromatic carbocycles. The van der Waals surface area contributed by atoms with Gasteiger partial charge in [-0.05, 0) is 49.9 Å². The molecule has 0 aliphatic carbocycles. The monoisotopic (exact) mass is 298 g/mol. The average Bonchev–Trinajstić information content (AvgIpc) is 2.35. The fourth-order valence-corrected chi connectivity index (χ4v) is 2.27. The Morgan fingerprint density at radius 1 is 1.15 bits per heavy atom. The molecule has 0 aliphatic rings. The highest BCUT2D eigenvalue weighted by Crippen LogP contribution is 2.10. The van der Waals surface area contributed by atoms with Gasteiger partial charge in [-0.1, -0.05) is 13.8 Å². The van der Waals surface area contributed by atoms with Crippen LogP contribution >= 0.6 is 0 Å². The molecule has 0 spiro atoms. The van der Waals surface area contributed by atoms with Crippen LogP contribution in [-0.2, 0) is 10.0 Å². The molecule has 6 heteroatoms. The lowest BCUT2D eigenvalue weighted by Crippen LogP contribution is -2.32. The summed E-state index contributed by atoms with van der Waals surface area (Å²) in [7, 11) is -3.72. The lowest BCUT2D eigenvalue weighted by Gasteiger charge is -2.15. The Hall–Kier alpha value is -1.40. The third-order valence-corrected chi connectivity index (χ3v) is 3.93. The quantitative estimate of drug-likeness (QED) is 0.840. The first kappa shape index (κ1) is 16.7. The van der Waals surface area contributed by atoms with Gasteiger partial charge >= 0.3 is 0 Å². The van der Waals surface area contributed by atoms with Crippen LogP contribution < -0.4 is 10.5 Å². The van der Waals surface area contributed by atoms with Crippen molar-refractivity contribution in [1.82, 2.24) is 5.32 Å². The van der Waals surface area contributed by atoms with Gasteiger partial charge in [-0.3, -0.25) is 4.79 Å². The van der Waals surface area contributed by atoms with E-state index in [2.05, 4.69) is 19.2 Å². The maximum atomic E-state index is 12.0. The van der Waals surface area contributed by atoms with E-state index in [1.807, 2.05) is 6.92 Å². The zero-order chi connectivity index (χ0) is 15.3. The van der Waals surface area contributed by atoms with Gasteiger partial charge in [-0.15, -0.1) is 0 Å². The largest absolute Gasteiger partial charge is 0.350 e. The summed E-state index contributed by atoms with van der Waals surface area (Å²) >= 11 is 0. The summed E-state index contributed by atoms with van der Waals surface area (Å²) < 4.78 is 22.2. The van der Waals surface area contributed by atoms with Crippen molar-refractivity contribution in [1.29, 1.82) is 0 Å². The highest BCUT2D eigenvalue weighted by molar-refractivity contribution is 7.89. The van der Waals surface area contributed by atoms with Crippen LogP contribution in [0.3, 0.4) is 0 Å². The molecule has 112 valence electrons. The fourth-order valence-electron chi connectivity index (χ4n) is 1.76. The van der Waals surface area contributed by atoms with E-state index in [-0.39, 0.29) is 16.8 Å². The smallest absolute Gasteiger partial charge is 0.251 e. The fraction of sp³-hybridized carbons (Fsp3) is 0.500. The lowest BCUT2D eigenvalue weighted by molar-refractivity contribution is 0.0937. The molecule has 5 nitrogen and oxygen atoms in total. The van der Waals surface area contributed by atoms with Crippen molar-refractivity contribution in [2.24, 2.45) is 11.1 Å². The second-order valence-corrected chi connectivity index (χ2v) is 6.98. The molecule has 1 amide bonds. The van der Waals surface area contributed by atoms with Gasteiger partial charge in [0.25, 0.3) is 5.91 Å². The van der Waals surface area contributed by atoms with Crippen molar-refractivity contribution in [3.8, 4) is 0 Å². The van der Waals surface area contributed by atoms with Crippen molar-refractivity contribution < 1.29 is 13.2 Å². The highest BCUT2D eigenvalue weighted by Gasteiger charge is 2.12. The molecule has 1 rings (SSSR count). The van der Waals surface area contributed by atoms with Gasteiger partial charge in [-0.25, -0.2) is 13.6 Å². The summed E-state index contributed by atoms with van der Waals surface area (Å²) in [6.45, 7) is 6.24. The van der Waals surface area contributed by atoms with E-state index in [1.165, 1.54) is 24.3 Å². The summed E-state index contributed by atoms with van der Waals surface area (Å²) in [5.41, 5.74) is 0.425. The van der Waals surface area contributed by atoms with Crippen LogP contribution in [0.25, 0.3) is 0 Å². The minimum absolute atomic E-state index is 0.00177. The van der Waals surface area contributed by atoms with Crippen LogP contribution in [0.1, 0.15) is 44.0 Å². The lowest BCUT2D eigenvalue weighted by atomic mass is 10.0. The second kappa shape index (κ2) is 6.85. The van der Waals surface area contributed by atoms with Gasteiger partial charge < -0.3 is 5.32 Å². The van der Waals surface area contributed by atoms with Crippen LogP contribution in [0.2, 0.25) is 0 Å². The first-order chi connectivity index (χ1) is 9.20. The van der Waals surface area contributed by atoms with Crippen molar-refractivity contribution in [3.05, 3.63) is 29.8 Å². The second-order valence-electron chi connectivity index (χ2n) is 5.42. The third kappa shape index (κ3) is 5.30. The van der Waals surface area contributed by atoms with Gasteiger partial charge in [0.05, 0.1) is 4.90 Å². The van der Waals surface area contributed by atoms with Gasteiger partial charge in [0, 0.05) is 11.6 Å². The van der Waals surface area contributed by atoms with Crippen molar-refractivity contribution in [3.63, 3.8) is 0 Å². The molecule has 0 saturated heterocycles. The van der Waals surface area contributed by atoms with Crippen molar-refractivity contribution in [2.75, 3.05) is 0 Å². The Morgan fingerprint density at radius 2 is 1.70 bits per heavy atom. The number of carbonyl (C=O) groups is 1. The maximum Gasteiger partial charge on any atom is 0.251 e. The number of amides is 1. The van der Waals surface area contributed by atoms with E-state index in [1.54, 1.807) is 0 Å². The molecule has 0 bridgehead atoms. The number of hydrogen-bond acceptors (Lipinski definition) is 3. The Kier molecular flexibility index (Phi) is 5.71. The topological polar surface area (TPSA) is 89.3 Å². The van der Waals surface area contributed by atoms with Gasteiger partial charge in [0.2, 0.25) is 10.0 Å². The van der Waals surface area contributed by atoms with E-state index in [0.29, 0.717) is 11.5 Å². The van der Waals surface area contributed by atoms with Gasteiger partial charge in [0.1, 0.15) is 0 Å². The van der Waals surface area contributed by atoms with Crippen LogP contribution in [0.15, 0.2) is 29.2 Å². The number of hydrogen-bond donors (Lipinski definition) is 2. The van der Waals surface area contributed by atoms with Gasteiger partial charge in [0.15, 0.2) is 0 Å². The normalized spacial score (nSPS) is 13.2. The van der Waals surface area contributed by atoms with Crippen LogP contribution in [0.4, 0.5) is 0 Å². The summed E-state index contributed by atoms with van der Waals surface area (Å²) in [6.07, 6.45) is 1.96. The van der Waals surface area contributed by atoms with Crippen LogP contribution in [0, 0.1) is 5.92 Å². The van der Waals surface area contributed by atoms with E-state index in [0.717, 1.165) is 12.8 Å². The van der Waals surface area contributed by atoms with E-state index < -0.39 is 10.0 Å². The first-order valence-electron chi connectivity index (χ1n) is 6.64. The van der Waals surface area contributed by atoms with E-state index in [9.17, 15) is 13.2 Å². The van der Waals surface area contributed by atoms with E-state index >= 15 is 0 Å². The molecule has 1 unspecified atom stereocenters. The SMILES string of the molecule is CC(C)CCC(C)NC(=O)c1ccc(S(N)(=O)=O)cc1. The Labute approximate surface area is 120 Å². The molecule has 0 heterocycles. The minimum Gasteiger partial charge on any atom is -0.350 e. The number of benzene rings is 1. The number of carbonyl (C=O) groups excluding carboxylic acids is 1. The predicted molar refractivity (Wildman–Crippen MR) is 78.8 cm³/mol. The molecule has 0 radical (unpaired) electrons. The number of nitrogens with one attached hydrogen (secondary N) is 1. The standard InChI is InChI=1S/C14H22N2O3S/c1-10(2)4-5-11(3)16-14(17)12-6-8-13(9-7-12)20(15,18)19/h6-11H,4-5H2,1-3H3,(H,16,17)(H2,15,18,19). The Morgan fingerprint density at radius 3 is 2.15 bits per heavy atom. The Balaban J connectivity index is 2.64.